The Kier molecular flexibility index (Phi) is 3.46. The van der Waals surface area contributed by atoms with Crippen molar-refractivity contribution in [3.63, 3.8) is 0 Å². The molecule has 2 N–H and O–H groups in total. The molecule has 0 atom stereocenters. The maximum Gasteiger partial charge on any atom is 0.228 e. The van der Waals surface area contributed by atoms with E-state index in [1.807, 2.05) is 19.3 Å². The van der Waals surface area contributed by atoms with Crippen molar-refractivity contribution in [2.75, 3.05) is 30.9 Å². The first-order valence-electron chi connectivity index (χ1n) is 7.81. The lowest BCUT2D eigenvalue weighted by atomic mass is 10.0. The molecule has 1 amide bonds. The third kappa shape index (κ3) is 2.66. The Bertz CT molecular complexity index is 812. The van der Waals surface area contributed by atoms with Crippen molar-refractivity contribution in [1.29, 1.82) is 0 Å². The Morgan fingerprint density at radius 1 is 1.26 bits per heavy atom. The molecule has 1 fully saturated rings. The molecule has 0 saturated heterocycles. The van der Waals surface area contributed by atoms with Crippen molar-refractivity contribution in [3.05, 3.63) is 30.1 Å². The van der Waals surface area contributed by atoms with Crippen LogP contribution in [0.3, 0.4) is 0 Å². The normalized spacial score (nSPS) is 17.2. The van der Waals surface area contributed by atoms with Crippen molar-refractivity contribution in [3.8, 4) is 0 Å². The number of carbonyl (C=O) groups is 1. The van der Waals surface area contributed by atoms with Crippen LogP contribution in [0.25, 0.3) is 16.3 Å². The van der Waals surface area contributed by atoms with Crippen LogP contribution in [-0.4, -0.2) is 36.1 Å². The van der Waals surface area contributed by atoms with Gasteiger partial charge in [-0.1, -0.05) is 6.08 Å². The van der Waals surface area contributed by atoms with Gasteiger partial charge in [-0.05, 0) is 29.9 Å². The summed E-state index contributed by atoms with van der Waals surface area (Å²) < 4.78 is 5.43. The van der Waals surface area contributed by atoms with Gasteiger partial charge < -0.3 is 15.4 Å². The quantitative estimate of drug-likeness (QED) is 0.907. The zero-order valence-corrected chi connectivity index (χ0v) is 12.9. The Morgan fingerprint density at radius 2 is 2.13 bits per heavy atom. The number of hydrogen-bond acceptors (Lipinski definition) is 5. The molecule has 1 saturated carbocycles. The van der Waals surface area contributed by atoms with E-state index in [1.54, 1.807) is 6.20 Å². The number of amides is 1. The third-order valence-electron chi connectivity index (χ3n) is 4.26. The van der Waals surface area contributed by atoms with Gasteiger partial charge in [0.05, 0.1) is 13.2 Å². The average Bonchev–Trinajstić information content (AvgIpc) is 3.29. The molecule has 0 aromatic carbocycles. The van der Waals surface area contributed by atoms with Gasteiger partial charge in [0.25, 0.3) is 0 Å². The van der Waals surface area contributed by atoms with Gasteiger partial charge in [0.2, 0.25) is 5.91 Å². The third-order valence-corrected chi connectivity index (χ3v) is 4.26. The van der Waals surface area contributed by atoms with E-state index < -0.39 is 0 Å². The number of anilines is 2. The molecular formula is C17H18N4O2. The van der Waals surface area contributed by atoms with E-state index in [0.29, 0.717) is 19.0 Å². The maximum absolute atomic E-state index is 12.0. The molecule has 6 heteroatoms. The first-order valence-corrected chi connectivity index (χ1v) is 7.81. The zero-order chi connectivity index (χ0) is 15.8. The topological polar surface area (TPSA) is 76.1 Å². The fourth-order valence-electron chi connectivity index (χ4n) is 2.81. The minimum Gasteiger partial charge on any atom is -0.373 e. The minimum atomic E-state index is 0.0599. The smallest absolute Gasteiger partial charge is 0.228 e. The molecule has 0 spiro atoms. The van der Waals surface area contributed by atoms with Gasteiger partial charge in [-0.25, -0.2) is 9.97 Å². The highest BCUT2D eigenvalue weighted by Crippen LogP contribution is 2.33. The number of carbonyl (C=O) groups excluding carboxylic acids is 1. The van der Waals surface area contributed by atoms with Gasteiger partial charge in [-0.3, -0.25) is 4.79 Å². The van der Waals surface area contributed by atoms with Crippen LogP contribution in [0.4, 0.5) is 11.6 Å². The Hall–Kier alpha value is -2.47. The van der Waals surface area contributed by atoms with Crippen molar-refractivity contribution >= 4 is 33.9 Å². The molecule has 6 nitrogen and oxygen atoms in total. The van der Waals surface area contributed by atoms with Gasteiger partial charge in [0.1, 0.15) is 11.6 Å². The summed E-state index contributed by atoms with van der Waals surface area (Å²) in [4.78, 5) is 20.8. The van der Waals surface area contributed by atoms with Crippen molar-refractivity contribution < 1.29 is 9.53 Å². The SMILES string of the molecule is CNc1ncc(C2=CCOC2)c2cc(NC(=O)C3CC3)ncc12. The number of hydrogen-bond donors (Lipinski definition) is 2. The summed E-state index contributed by atoms with van der Waals surface area (Å²) in [5.41, 5.74) is 2.15. The van der Waals surface area contributed by atoms with Crippen LogP contribution >= 0.6 is 0 Å². The second-order valence-electron chi connectivity index (χ2n) is 5.89. The van der Waals surface area contributed by atoms with Crippen molar-refractivity contribution in [1.82, 2.24) is 9.97 Å². The zero-order valence-electron chi connectivity index (χ0n) is 12.9. The standard InChI is InChI=1S/C17H18N4O2/c1-18-16-14-8-19-15(21-17(22)10-2-3-10)6-12(14)13(7-20-16)11-4-5-23-9-11/h4,6-8,10H,2-3,5,9H2,1H3,(H,18,20)(H,19,21,22). The van der Waals surface area contributed by atoms with Gasteiger partial charge in [0, 0.05) is 36.3 Å². The number of rotatable bonds is 4. The van der Waals surface area contributed by atoms with Crippen molar-refractivity contribution in [2.24, 2.45) is 5.92 Å². The molecule has 1 aliphatic heterocycles. The number of ether oxygens (including phenoxy) is 1. The summed E-state index contributed by atoms with van der Waals surface area (Å²) in [6.07, 6.45) is 7.63. The van der Waals surface area contributed by atoms with E-state index in [4.69, 9.17) is 4.74 Å². The van der Waals surface area contributed by atoms with E-state index in [-0.39, 0.29) is 11.8 Å². The second-order valence-corrected chi connectivity index (χ2v) is 5.89. The number of aromatic nitrogens is 2. The van der Waals surface area contributed by atoms with E-state index in [2.05, 4.69) is 26.7 Å². The lowest BCUT2D eigenvalue weighted by Gasteiger charge is -2.12. The number of nitrogens with zero attached hydrogens (tertiary/aromatic N) is 2. The highest BCUT2D eigenvalue weighted by molar-refractivity contribution is 6.02. The molecule has 3 heterocycles. The Balaban J connectivity index is 1.79. The highest BCUT2D eigenvalue weighted by atomic mass is 16.5. The maximum atomic E-state index is 12.0. The lowest BCUT2D eigenvalue weighted by molar-refractivity contribution is -0.117. The molecule has 0 bridgehead atoms. The Morgan fingerprint density at radius 3 is 2.83 bits per heavy atom. The van der Waals surface area contributed by atoms with Gasteiger partial charge in [-0.2, -0.15) is 0 Å². The fourth-order valence-corrected chi connectivity index (χ4v) is 2.81. The predicted molar refractivity (Wildman–Crippen MR) is 89.2 cm³/mol. The molecule has 2 aromatic heterocycles. The molecule has 1 aliphatic carbocycles. The van der Waals surface area contributed by atoms with E-state index in [1.165, 1.54) is 0 Å². The van der Waals surface area contributed by atoms with Gasteiger partial charge in [-0.15, -0.1) is 0 Å². The van der Waals surface area contributed by atoms with Crippen LogP contribution in [0.2, 0.25) is 0 Å². The second kappa shape index (κ2) is 5.62. The van der Waals surface area contributed by atoms with Crippen LogP contribution in [0.15, 0.2) is 24.5 Å². The molecule has 4 rings (SSSR count). The van der Waals surface area contributed by atoms with Crippen molar-refractivity contribution in [2.45, 2.75) is 12.8 Å². The summed E-state index contributed by atoms with van der Waals surface area (Å²) >= 11 is 0. The summed E-state index contributed by atoms with van der Waals surface area (Å²) in [6.45, 7) is 1.21. The monoisotopic (exact) mass is 310 g/mol. The summed E-state index contributed by atoms with van der Waals surface area (Å²) in [5.74, 6) is 1.58. The van der Waals surface area contributed by atoms with Crippen LogP contribution in [0, 0.1) is 5.92 Å². The number of pyridine rings is 2. The lowest BCUT2D eigenvalue weighted by Crippen LogP contribution is -2.14. The molecule has 2 aliphatic rings. The van der Waals surface area contributed by atoms with E-state index >= 15 is 0 Å². The number of fused-ring (bicyclic) bond motifs is 1. The van der Waals surface area contributed by atoms with Crippen LogP contribution in [0.1, 0.15) is 18.4 Å². The first kappa shape index (κ1) is 14.1. The molecule has 23 heavy (non-hydrogen) atoms. The fraction of sp³-hybridized carbons (Fsp3) is 0.353. The molecule has 118 valence electrons. The summed E-state index contributed by atoms with van der Waals surface area (Å²) in [6, 6.07) is 1.92. The first-order chi connectivity index (χ1) is 11.3. The van der Waals surface area contributed by atoms with E-state index in [0.717, 1.165) is 40.6 Å². The van der Waals surface area contributed by atoms with E-state index in [9.17, 15) is 4.79 Å². The molecular weight excluding hydrogens is 292 g/mol. The molecule has 0 unspecified atom stereocenters. The highest BCUT2D eigenvalue weighted by Gasteiger charge is 2.29. The predicted octanol–water partition coefficient (Wildman–Crippen LogP) is 2.43. The van der Waals surface area contributed by atoms with Gasteiger partial charge in [0.15, 0.2) is 0 Å². The molecule has 2 aromatic rings. The minimum absolute atomic E-state index is 0.0599. The summed E-state index contributed by atoms with van der Waals surface area (Å²) in [7, 11) is 1.84. The van der Waals surface area contributed by atoms with Crippen LogP contribution < -0.4 is 10.6 Å². The number of nitrogens with one attached hydrogen (secondary N) is 2. The van der Waals surface area contributed by atoms with Crippen LogP contribution in [0.5, 0.6) is 0 Å². The van der Waals surface area contributed by atoms with Gasteiger partial charge >= 0.3 is 0 Å². The summed E-state index contributed by atoms with van der Waals surface area (Å²) in [5, 5.41) is 7.95. The van der Waals surface area contributed by atoms with Crippen LogP contribution in [-0.2, 0) is 9.53 Å². The largest absolute Gasteiger partial charge is 0.373 e. The molecule has 0 radical (unpaired) electrons. The Labute approximate surface area is 134 Å². The average molecular weight is 310 g/mol.